The van der Waals surface area contributed by atoms with E-state index < -0.39 is 22.7 Å². The van der Waals surface area contributed by atoms with Crippen LogP contribution in [0.4, 0.5) is 4.39 Å². The van der Waals surface area contributed by atoms with Crippen LogP contribution in [0.3, 0.4) is 0 Å². The first-order chi connectivity index (χ1) is 25.4. The molecule has 3 heterocycles. The topological polar surface area (TPSA) is 62.1 Å². The van der Waals surface area contributed by atoms with Gasteiger partial charge in [-0.25, -0.2) is 4.98 Å². The third-order valence-electron chi connectivity index (χ3n) is 10.6. The molecule has 1 aliphatic rings. The standard InChI is InChI=1S/C42H46ClFN4O2SSi2/c1-41(2,3)52(30-19-11-7-12-20-30,31-21-13-8-14-22-31)49-27-34-35(51-39(34)48-29-45-36-37(43)46-40(44)47-38(36)48)28-50-53(42(4,5)6,32-23-15-9-16-24-32)33-25-17-10-18-26-33/h7-26,29,34-35,39H,27-28H2,1-6H3/t34-,35-,39-/m0/s1. The summed E-state index contributed by atoms with van der Waals surface area (Å²) in [6.07, 6.45) is 0.831. The average molecular weight is 782 g/mol. The Morgan fingerprint density at radius 1 is 0.660 bits per heavy atom. The zero-order valence-corrected chi connectivity index (χ0v) is 34.6. The number of thioether (sulfide) groups is 1. The van der Waals surface area contributed by atoms with Crippen LogP contribution in [0.5, 0.6) is 0 Å². The molecule has 274 valence electrons. The number of hydrogen-bond donors (Lipinski definition) is 0. The van der Waals surface area contributed by atoms with Crippen LogP contribution < -0.4 is 20.7 Å². The molecule has 0 spiro atoms. The molecule has 0 aliphatic carbocycles. The van der Waals surface area contributed by atoms with Crippen molar-refractivity contribution < 1.29 is 13.2 Å². The first kappa shape index (κ1) is 37.7. The summed E-state index contributed by atoms with van der Waals surface area (Å²) in [5.41, 5.74) is 0.758. The highest BCUT2D eigenvalue weighted by molar-refractivity contribution is 8.01. The van der Waals surface area contributed by atoms with Crippen molar-refractivity contribution in [3.63, 3.8) is 0 Å². The van der Waals surface area contributed by atoms with Gasteiger partial charge in [-0.2, -0.15) is 14.4 Å². The Labute approximate surface area is 323 Å². The molecule has 1 aliphatic heterocycles. The zero-order valence-electron chi connectivity index (χ0n) is 31.0. The van der Waals surface area contributed by atoms with Gasteiger partial charge >= 0.3 is 6.08 Å². The maximum absolute atomic E-state index is 14.6. The molecule has 0 N–H and O–H groups in total. The monoisotopic (exact) mass is 780 g/mol. The average Bonchev–Trinajstić information content (AvgIpc) is 3.55. The van der Waals surface area contributed by atoms with Crippen molar-refractivity contribution in [3.05, 3.63) is 139 Å². The molecule has 6 nitrogen and oxygen atoms in total. The lowest BCUT2D eigenvalue weighted by Gasteiger charge is -2.50. The van der Waals surface area contributed by atoms with Crippen molar-refractivity contribution in [3.8, 4) is 0 Å². The van der Waals surface area contributed by atoms with E-state index in [9.17, 15) is 4.39 Å². The highest BCUT2D eigenvalue weighted by Crippen LogP contribution is 2.53. The maximum Gasteiger partial charge on any atom is 0.312 e. The predicted octanol–water partition coefficient (Wildman–Crippen LogP) is 8.00. The van der Waals surface area contributed by atoms with Crippen LogP contribution in [0.15, 0.2) is 128 Å². The molecule has 7 rings (SSSR count). The molecule has 0 unspecified atom stereocenters. The van der Waals surface area contributed by atoms with Gasteiger partial charge in [0, 0.05) is 24.4 Å². The van der Waals surface area contributed by atoms with Gasteiger partial charge in [-0.3, -0.25) is 0 Å². The minimum absolute atomic E-state index is 0.00209. The Morgan fingerprint density at radius 2 is 1.08 bits per heavy atom. The van der Waals surface area contributed by atoms with Crippen LogP contribution in [0.25, 0.3) is 11.2 Å². The molecular weight excluding hydrogens is 735 g/mol. The fourth-order valence-corrected chi connectivity index (χ4v) is 19.0. The summed E-state index contributed by atoms with van der Waals surface area (Å²) < 4.78 is 31.6. The first-order valence-electron chi connectivity index (χ1n) is 18.1. The van der Waals surface area contributed by atoms with Crippen LogP contribution in [0.1, 0.15) is 46.9 Å². The van der Waals surface area contributed by atoms with Gasteiger partial charge in [-0.15, -0.1) is 11.8 Å². The minimum atomic E-state index is -2.88. The van der Waals surface area contributed by atoms with E-state index in [1.54, 1.807) is 18.1 Å². The number of rotatable bonds is 11. The molecule has 0 amide bonds. The second-order valence-electron chi connectivity index (χ2n) is 15.8. The van der Waals surface area contributed by atoms with E-state index in [0.29, 0.717) is 24.4 Å². The van der Waals surface area contributed by atoms with Gasteiger partial charge in [0.15, 0.2) is 10.8 Å². The number of aromatic nitrogens is 4. The van der Waals surface area contributed by atoms with Gasteiger partial charge in [-0.05, 0) is 30.8 Å². The lowest BCUT2D eigenvalue weighted by Crippen LogP contribution is -2.68. The van der Waals surface area contributed by atoms with Crippen molar-refractivity contribution in [1.82, 2.24) is 19.5 Å². The van der Waals surface area contributed by atoms with Crippen LogP contribution in [0, 0.1) is 12.0 Å². The minimum Gasteiger partial charge on any atom is -0.407 e. The van der Waals surface area contributed by atoms with E-state index in [-0.39, 0.29) is 31.8 Å². The normalized spacial score (nSPS) is 18.2. The fraction of sp³-hybridized carbons (Fsp3) is 0.310. The summed E-state index contributed by atoms with van der Waals surface area (Å²) in [5, 5.41) is 4.47. The lowest BCUT2D eigenvalue weighted by atomic mass is 10.0. The van der Waals surface area contributed by atoms with Gasteiger partial charge in [0.25, 0.3) is 16.6 Å². The molecule has 0 radical (unpaired) electrons. The Hall–Kier alpha value is -3.65. The maximum atomic E-state index is 14.6. The van der Waals surface area contributed by atoms with Crippen LogP contribution >= 0.6 is 23.4 Å². The number of halogens is 2. The quantitative estimate of drug-likeness (QED) is 0.0755. The number of fused-ring (bicyclic) bond motifs is 1. The van der Waals surface area contributed by atoms with Crippen LogP contribution in [-0.4, -0.2) is 54.6 Å². The molecule has 4 aromatic carbocycles. The summed E-state index contributed by atoms with van der Waals surface area (Å²) >= 11 is 8.15. The highest BCUT2D eigenvalue weighted by Gasteiger charge is 2.55. The highest BCUT2D eigenvalue weighted by atomic mass is 35.5. The molecule has 3 atom stereocenters. The Balaban J connectivity index is 1.30. The van der Waals surface area contributed by atoms with Crippen molar-refractivity contribution in [1.29, 1.82) is 0 Å². The van der Waals surface area contributed by atoms with Gasteiger partial charge < -0.3 is 13.4 Å². The lowest BCUT2D eigenvalue weighted by molar-refractivity contribution is 0.168. The third-order valence-corrected chi connectivity index (χ3v) is 22.5. The van der Waals surface area contributed by atoms with E-state index in [2.05, 4.69) is 178 Å². The largest absolute Gasteiger partial charge is 0.407 e. The second kappa shape index (κ2) is 14.9. The van der Waals surface area contributed by atoms with Gasteiger partial charge in [0.1, 0.15) is 5.52 Å². The van der Waals surface area contributed by atoms with Gasteiger partial charge in [-0.1, -0.05) is 174 Å². The van der Waals surface area contributed by atoms with Crippen LogP contribution in [0.2, 0.25) is 15.2 Å². The van der Waals surface area contributed by atoms with E-state index in [4.69, 9.17) is 20.5 Å². The zero-order chi connectivity index (χ0) is 37.4. The molecule has 11 heteroatoms. The van der Waals surface area contributed by atoms with Crippen molar-refractivity contribution in [2.24, 2.45) is 5.92 Å². The van der Waals surface area contributed by atoms with E-state index in [1.165, 1.54) is 20.7 Å². The van der Waals surface area contributed by atoms with E-state index in [1.807, 2.05) is 4.57 Å². The van der Waals surface area contributed by atoms with Crippen molar-refractivity contribution in [2.75, 3.05) is 13.2 Å². The van der Waals surface area contributed by atoms with Crippen LogP contribution in [-0.2, 0) is 8.85 Å². The molecule has 1 fully saturated rings. The summed E-state index contributed by atoms with van der Waals surface area (Å²) in [7, 11) is -5.70. The number of nitrogens with zero attached hydrogens (tertiary/aromatic N) is 4. The fourth-order valence-electron chi connectivity index (χ4n) is 8.09. The molecular formula is C42H46ClFN4O2SSi2. The van der Waals surface area contributed by atoms with Gasteiger partial charge in [0.05, 0.1) is 11.7 Å². The SMILES string of the molecule is CC(C)(C)[Si](OC[C@H]1[C@H](CO[Si](c2ccccc2)(c2ccccc2)C(C)(C)C)S[C@@H]1n1cnc2c(Cl)nc(F)nc21)(c1ccccc1)c1ccccc1. The van der Waals surface area contributed by atoms with Crippen molar-refractivity contribution in [2.45, 2.75) is 62.2 Å². The Morgan fingerprint density at radius 3 is 1.49 bits per heavy atom. The Bertz CT molecular complexity index is 2070. The summed E-state index contributed by atoms with van der Waals surface area (Å²) in [6, 6.07) is 42.9. The summed E-state index contributed by atoms with van der Waals surface area (Å²) in [4.78, 5) is 12.4. The van der Waals surface area contributed by atoms with Gasteiger partial charge in [0.2, 0.25) is 0 Å². The number of hydrogen-bond acceptors (Lipinski definition) is 6. The molecule has 2 aromatic heterocycles. The molecule has 0 saturated carbocycles. The van der Waals surface area contributed by atoms with E-state index in [0.717, 1.165) is 0 Å². The van der Waals surface area contributed by atoms with Crippen molar-refractivity contribution >= 4 is 71.9 Å². The molecule has 6 aromatic rings. The third kappa shape index (κ3) is 6.83. The smallest absolute Gasteiger partial charge is 0.312 e. The summed E-state index contributed by atoms with van der Waals surface area (Å²) in [6.45, 7) is 14.8. The first-order valence-corrected chi connectivity index (χ1v) is 23.2. The second-order valence-corrected chi connectivity index (χ2v) is 26.1. The number of imidazole rings is 1. The number of benzene rings is 4. The molecule has 53 heavy (non-hydrogen) atoms. The predicted molar refractivity (Wildman–Crippen MR) is 221 cm³/mol. The molecule has 0 bridgehead atoms. The summed E-state index contributed by atoms with van der Waals surface area (Å²) in [5.74, 6) is -0.0194. The Kier molecular flexibility index (Phi) is 10.6. The van der Waals surface area contributed by atoms with E-state index >= 15 is 0 Å². The molecule has 1 saturated heterocycles.